The van der Waals surface area contributed by atoms with E-state index in [1.54, 1.807) is 24.3 Å². The standard InChI is InChI=1S/C19H18N4O3S/c20-23(18(25)13-7-9-21-10-8-13)19-22-15(14-6-3-11-26-14)17(27-19)16(24)12-4-1-2-5-12/h3,6-12H,1-2,4-5,20H2. The van der Waals surface area contributed by atoms with Gasteiger partial charge in [0.25, 0.3) is 5.91 Å². The van der Waals surface area contributed by atoms with Crippen molar-refractivity contribution in [3.05, 3.63) is 53.4 Å². The number of amides is 1. The van der Waals surface area contributed by atoms with Crippen LogP contribution in [0.3, 0.4) is 0 Å². The lowest BCUT2D eigenvalue weighted by molar-refractivity contribution is 0.0926. The third-order valence-corrected chi connectivity index (χ3v) is 5.74. The van der Waals surface area contributed by atoms with Crippen molar-refractivity contribution < 1.29 is 14.0 Å². The average molecular weight is 382 g/mol. The SMILES string of the molecule is NN(C(=O)c1ccncc1)c1nc(-c2ccco2)c(C(=O)C2CCCC2)s1. The molecule has 7 nitrogen and oxygen atoms in total. The van der Waals surface area contributed by atoms with E-state index in [4.69, 9.17) is 10.3 Å². The Morgan fingerprint density at radius 1 is 1.19 bits per heavy atom. The molecular formula is C19H18N4O3S. The van der Waals surface area contributed by atoms with Crippen molar-refractivity contribution in [2.45, 2.75) is 25.7 Å². The molecule has 0 bridgehead atoms. The summed E-state index contributed by atoms with van der Waals surface area (Å²) in [5.74, 6) is 6.14. The van der Waals surface area contributed by atoms with Gasteiger partial charge >= 0.3 is 0 Å². The van der Waals surface area contributed by atoms with Crippen molar-refractivity contribution >= 4 is 28.2 Å². The number of aromatic nitrogens is 2. The van der Waals surface area contributed by atoms with E-state index in [1.165, 1.54) is 18.7 Å². The van der Waals surface area contributed by atoms with Crippen molar-refractivity contribution in [2.75, 3.05) is 5.01 Å². The molecule has 4 rings (SSSR count). The Morgan fingerprint density at radius 2 is 1.93 bits per heavy atom. The zero-order chi connectivity index (χ0) is 18.8. The highest BCUT2D eigenvalue weighted by atomic mass is 32.1. The van der Waals surface area contributed by atoms with E-state index in [-0.39, 0.29) is 16.8 Å². The largest absolute Gasteiger partial charge is 0.463 e. The Bertz CT molecular complexity index is 947. The lowest BCUT2D eigenvalue weighted by atomic mass is 10.0. The summed E-state index contributed by atoms with van der Waals surface area (Å²) < 4.78 is 5.45. The summed E-state index contributed by atoms with van der Waals surface area (Å²) in [7, 11) is 0. The van der Waals surface area contributed by atoms with Crippen molar-refractivity contribution in [1.82, 2.24) is 9.97 Å². The number of Topliss-reactive ketones (excluding diaryl/α,β-unsaturated/α-hetero) is 1. The van der Waals surface area contributed by atoms with Gasteiger partial charge in [0, 0.05) is 23.9 Å². The summed E-state index contributed by atoms with van der Waals surface area (Å²) in [6.45, 7) is 0. The summed E-state index contributed by atoms with van der Waals surface area (Å²) in [6.07, 6.45) is 8.44. The molecule has 0 unspecified atom stereocenters. The van der Waals surface area contributed by atoms with E-state index < -0.39 is 5.91 Å². The van der Waals surface area contributed by atoms with Gasteiger partial charge in [0.05, 0.1) is 6.26 Å². The summed E-state index contributed by atoms with van der Waals surface area (Å²) in [4.78, 5) is 34.5. The van der Waals surface area contributed by atoms with E-state index >= 15 is 0 Å². The quantitative estimate of drug-likeness (QED) is 0.312. The minimum absolute atomic E-state index is 0.00543. The van der Waals surface area contributed by atoms with Crippen LogP contribution in [-0.2, 0) is 0 Å². The molecule has 0 aromatic carbocycles. The van der Waals surface area contributed by atoms with E-state index in [0.717, 1.165) is 42.0 Å². The van der Waals surface area contributed by atoms with Crippen LogP contribution in [0.2, 0.25) is 0 Å². The Kier molecular flexibility index (Phi) is 4.83. The van der Waals surface area contributed by atoms with Gasteiger partial charge in [0.2, 0.25) is 5.13 Å². The predicted molar refractivity (Wildman–Crippen MR) is 101 cm³/mol. The summed E-state index contributed by atoms with van der Waals surface area (Å²) in [5.41, 5.74) is 0.834. The number of carbonyl (C=O) groups excluding carboxylic acids is 2. The number of rotatable bonds is 5. The molecule has 8 heteroatoms. The summed E-state index contributed by atoms with van der Waals surface area (Å²) in [6, 6.07) is 6.64. The molecule has 0 radical (unpaired) electrons. The van der Waals surface area contributed by atoms with Gasteiger partial charge in [0.1, 0.15) is 10.6 Å². The Hall–Kier alpha value is -2.84. The van der Waals surface area contributed by atoms with Crippen molar-refractivity contribution in [2.24, 2.45) is 11.8 Å². The van der Waals surface area contributed by atoms with E-state index in [2.05, 4.69) is 9.97 Å². The average Bonchev–Trinajstić information content (AvgIpc) is 3.47. The fourth-order valence-corrected chi connectivity index (χ4v) is 4.26. The van der Waals surface area contributed by atoms with Gasteiger partial charge in [-0.25, -0.2) is 15.8 Å². The van der Waals surface area contributed by atoms with Crippen LogP contribution in [0.5, 0.6) is 0 Å². The first-order valence-electron chi connectivity index (χ1n) is 8.73. The molecule has 1 aliphatic carbocycles. The van der Waals surface area contributed by atoms with Gasteiger partial charge < -0.3 is 4.42 Å². The molecule has 3 aromatic heterocycles. The number of pyridine rings is 1. The van der Waals surface area contributed by atoms with Crippen LogP contribution >= 0.6 is 11.3 Å². The van der Waals surface area contributed by atoms with Crippen molar-refractivity contribution in [3.8, 4) is 11.5 Å². The fraction of sp³-hybridized carbons (Fsp3) is 0.263. The number of thiazole rings is 1. The molecule has 138 valence electrons. The van der Waals surface area contributed by atoms with Crippen LogP contribution in [0.1, 0.15) is 45.7 Å². The second-order valence-corrected chi connectivity index (χ2v) is 7.39. The Morgan fingerprint density at radius 3 is 2.59 bits per heavy atom. The summed E-state index contributed by atoms with van der Waals surface area (Å²) >= 11 is 1.13. The van der Waals surface area contributed by atoms with Crippen molar-refractivity contribution in [1.29, 1.82) is 0 Å². The zero-order valence-corrected chi connectivity index (χ0v) is 15.3. The van der Waals surface area contributed by atoms with Crippen LogP contribution < -0.4 is 10.9 Å². The number of hydrogen-bond donors (Lipinski definition) is 1. The maximum Gasteiger partial charge on any atom is 0.274 e. The van der Waals surface area contributed by atoms with Gasteiger partial charge in [-0.2, -0.15) is 0 Å². The van der Waals surface area contributed by atoms with Crippen LogP contribution in [0.4, 0.5) is 5.13 Å². The molecule has 1 aliphatic rings. The molecule has 3 aromatic rings. The highest BCUT2D eigenvalue weighted by Gasteiger charge is 2.31. The molecule has 0 aliphatic heterocycles. The molecular weight excluding hydrogens is 364 g/mol. The molecule has 0 spiro atoms. The van der Waals surface area contributed by atoms with Gasteiger partial charge in [-0.1, -0.05) is 24.2 Å². The zero-order valence-electron chi connectivity index (χ0n) is 14.5. The van der Waals surface area contributed by atoms with E-state index in [0.29, 0.717) is 21.9 Å². The number of hydrogen-bond acceptors (Lipinski definition) is 7. The molecule has 1 amide bonds. The third-order valence-electron chi connectivity index (χ3n) is 4.67. The topological polar surface area (TPSA) is 102 Å². The molecule has 3 heterocycles. The molecule has 1 fully saturated rings. The Labute approximate surface area is 159 Å². The molecule has 27 heavy (non-hydrogen) atoms. The molecule has 0 atom stereocenters. The minimum Gasteiger partial charge on any atom is -0.463 e. The second kappa shape index (κ2) is 7.42. The highest BCUT2D eigenvalue weighted by molar-refractivity contribution is 7.18. The second-order valence-electron chi connectivity index (χ2n) is 6.41. The van der Waals surface area contributed by atoms with Gasteiger partial charge in [0.15, 0.2) is 11.5 Å². The van der Waals surface area contributed by atoms with Gasteiger partial charge in [-0.15, -0.1) is 0 Å². The first-order chi connectivity index (χ1) is 13.1. The molecule has 2 N–H and O–H groups in total. The van der Waals surface area contributed by atoms with Crippen LogP contribution in [0.25, 0.3) is 11.5 Å². The maximum absolute atomic E-state index is 13.0. The van der Waals surface area contributed by atoms with Crippen LogP contribution in [0.15, 0.2) is 47.3 Å². The number of hydrazine groups is 1. The number of nitrogens with zero attached hydrogens (tertiary/aromatic N) is 3. The van der Waals surface area contributed by atoms with Crippen molar-refractivity contribution in [3.63, 3.8) is 0 Å². The number of carbonyl (C=O) groups is 2. The third kappa shape index (κ3) is 3.41. The smallest absolute Gasteiger partial charge is 0.274 e. The van der Waals surface area contributed by atoms with E-state index in [9.17, 15) is 9.59 Å². The first-order valence-corrected chi connectivity index (χ1v) is 9.55. The molecule has 0 saturated heterocycles. The number of nitrogens with two attached hydrogens (primary N) is 1. The lowest BCUT2D eigenvalue weighted by Crippen LogP contribution is -2.37. The maximum atomic E-state index is 13.0. The normalized spacial score (nSPS) is 14.4. The number of ketones is 1. The predicted octanol–water partition coefficient (Wildman–Crippen LogP) is 3.69. The highest BCUT2D eigenvalue weighted by Crippen LogP contribution is 2.37. The van der Waals surface area contributed by atoms with Gasteiger partial charge in [-0.3, -0.25) is 14.6 Å². The number of furan rings is 1. The lowest BCUT2D eigenvalue weighted by Gasteiger charge is -2.12. The minimum atomic E-state index is -0.419. The first kappa shape index (κ1) is 17.6. The summed E-state index contributed by atoms with van der Waals surface area (Å²) in [5, 5.41) is 1.22. The molecule has 1 saturated carbocycles. The monoisotopic (exact) mass is 382 g/mol. The van der Waals surface area contributed by atoms with Gasteiger partial charge in [-0.05, 0) is 37.1 Å². The number of anilines is 1. The van der Waals surface area contributed by atoms with Crippen LogP contribution in [0, 0.1) is 5.92 Å². The van der Waals surface area contributed by atoms with Crippen LogP contribution in [-0.4, -0.2) is 21.7 Å². The van der Waals surface area contributed by atoms with E-state index in [1.807, 2.05) is 0 Å². The fourth-order valence-electron chi connectivity index (χ4n) is 3.25. The Balaban J connectivity index is 1.70.